The molecule has 1 heterocycles. The zero-order valence-electron chi connectivity index (χ0n) is 13.5. The van der Waals surface area contributed by atoms with E-state index >= 15 is 0 Å². The molecule has 0 amide bonds. The van der Waals surface area contributed by atoms with Crippen LogP contribution in [0, 0.1) is 6.92 Å². The minimum absolute atomic E-state index is 0.659. The van der Waals surface area contributed by atoms with Crippen molar-refractivity contribution >= 4 is 0 Å². The van der Waals surface area contributed by atoms with Crippen molar-refractivity contribution < 1.29 is 14.2 Å². The lowest BCUT2D eigenvalue weighted by atomic mass is 10.2. The quantitative estimate of drug-likeness (QED) is 0.797. The summed E-state index contributed by atoms with van der Waals surface area (Å²) in [6.07, 6.45) is 0. The Morgan fingerprint density at radius 1 is 1.00 bits per heavy atom. The van der Waals surface area contributed by atoms with E-state index in [2.05, 4.69) is 16.8 Å². The number of nitrogens with zero attached hydrogens (tertiary/aromatic N) is 2. The van der Waals surface area contributed by atoms with Crippen molar-refractivity contribution in [1.29, 1.82) is 0 Å². The molecule has 1 aliphatic heterocycles. The van der Waals surface area contributed by atoms with Gasteiger partial charge in [-0.05, 0) is 31.7 Å². The predicted molar refractivity (Wildman–Crippen MR) is 83.7 cm³/mol. The maximum absolute atomic E-state index is 5.92. The minimum Gasteiger partial charge on any atom is -0.493 e. The van der Waals surface area contributed by atoms with E-state index in [0.29, 0.717) is 18.1 Å². The minimum atomic E-state index is 0.659. The number of likely N-dealkylation sites (N-methyl/N-ethyl adjacent to an activating group) is 1. The number of rotatable bonds is 6. The smallest absolute Gasteiger partial charge is 0.203 e. The van der Waals surface area contributed by atoms with Gasteiger partial charge in [0.05, 0.1) is 14.2 Å². The Bertz CT molecular complexity index is 457. The van der Waals surface area contributed by atoms with Crippen LogP contribution in [-0.4, -0.2) is 70.4 Å². The third kappa shape index (κ3) is 4.25. The molecule has 0 radical (unpaired) electrons. The second-order valence-corrected chi connectivity index (χ2v) is 5.49. The van der Waals surface area contributed by atoms with Crippen LogP contribution >= 0.6 is 0 Å². The van der Waals surface area contributed by atoms with Gasteiger partial charge in [-0.2, -0.15) is 0 Å². The van der Waals surface area contributed by atoms with Crippen molar-refractivity contribution in [3.63, 3.8) is 0 Å². The summed E-state index contributed by atoms with van der Waals surface area (Å²) in [5.41, 5.74) is 1.10. The van der Waals surface area contributed by atoms with Gasteiger partial charge < -0.3 is 19.1 Å². The molecule has 1 saturated heterocycles. The summed E-state index contributed by atoms with van der Waals surface area (Å²) >= 11 is 0. The average molecular weight is 294 g/mol. The normalized spacial score (nSPS) is 16.8. The molecule has 0 unspecified atom stereocenters. The van der Waals surface area contributed by atoms with E-state index in [1.165, 1.54) is 0 Å². The van der Waals surface area contributed by atoms with Gasteiger partial charge >= 0.3 is 0 Å². The molecule has 5 nitrogen and oxygen atoms in total. The van der Waals surface area contributed by atoms with Crippen molar-refractivity contribution in [2.45, 2.75) is 6.92 Å². The van der Waals surface area contributed by atoms with Crippen LogP contribution in [0.3, 0.4) is 0 Å². The first kappa shape index (κ1) is 15.9. The second kappa shape index (κ2) is 7.52. The highest BCUT2D eigenvalue weighted by molar-refractivity contribution is 5.53. The Balaban J connectivity index is 1.92. The van der Waals surface area contributed by atoms with E-state index in [0.717, 1.165) is 44.0 Å². The zero-order chi connectivity index (χ0) is 15.2. The molecule has 118 valence electrons. The molecular formula is C16H26N2O3. The molecular weight excluding hydrogens is 268 g/mol. The standard InChI is InChI=1S/C16H26N2O3/c1-13-11-14(19-3)16(20-4)15(12-13)21-10-9-18-7-5-17(2)6-8-18/h11-12H,5-10H2,1-4H3. The molecule has 1 fully saturated rings. The monoisotopic (exact) mass is 294 g/mol. The fourth-order valence-electron chi connectivity index (χ4n) is 2.52. The van der Waals surface area contributed by atoms with Crippen molar-refractivity contribution in [3.8, 4) is 17.2 Å². The molecule has 0 aromatic heterocycles. The lowest BCUT2D eigenvalue weighted by Gasteiger charge is -2.32. The summed E-state index contributed by atoms with van der Waals surface area (Å²) < 4.78 is 16.7. The Labute approximate surface area is 127 Å². The molecule has 0 atom stereocenters. The van der Waals surface area contributed by atoms with Gasteiger partial charge in [0.1, 0.15) is 6.61 Å². The fourth-order valence-corrected chi connectivity index (χ4v) is 2.52. The number of benzene rings is 1. The van der Waals surface area contributed by atoms with Gasteiger partial charge in [0.25, 0.3) is 0 Å². The van der Waals surface area contributed by atoms with Crippen LogP contribution < -0.4 is 14.2 Å². The molecule has 0 spiro atoms. The number of piperazine rings is 1. The SMILES string of the molecule is COc1cc(C)cc(OCCN2CCN(C)CC2)c1OC. The third-order valence-electron chi connectivity index (χ3n) is 3.85. The molecule has 1 aliphatic rings. The largest absolute Gasteiger partial charge is 0.493 e. The molecule has 2 rings (SSSR count). The van der Waals surface area contributed by atoms with Gasteiger partial charge in [-0.3, -0.25) is 4.90 Å². The Morgan fingerprint density at radius 3 is 2.29 bits per heavy atom. The summed E-state index contributed by atoms with van der Waals surface area (Å²) in [6.45, 7) is 8.08. The van der Waals surface area contributed by atoms with Crippen LogP contribution in [0.25, 0.3) is 0 Å². The maximum atomic E-state index is 5.92. The number of methoxy groups -OCH3 is 2. The Kier molecular flexibility index (Phi) is 5.70. The van der Waals surface area contributed by atoms with Crippen LogP contribution in [0.2, 0.25) is 0 Å². The van der Waals surface area contributed by atoms with Crippen molar-refractivity contribution in [2.24, 2.45) is 0 Å². The summed E-state index contributed by atoms with van der Waals surface area (Å²) in [7, 11) is 5.45. The Morgan fingerprint density at radius 2 is 1.67 bits per heavy atom. The van der Waals surface area contributed by atoms with E-state index in [1.54, 1.807) is 14.2 Å². The van der Waals surface area contributed by atoms with Crippen LogP contribution in [0.1, 0.15) is 5.56 Å². The Hall–Kier alpha value is -1.46. The van der Waals surface area contributed by atoms with Crippen LogP contribution in [0.5, 0.6) is 17.2 Å². The summed E-state index contributed by atoms with van der Waals surface area (Å²) in [4.78, 5) is 4.78. The summed E-state index contributed by atoms with van der Waals surface area (Å²) in [5, 5.41) is 0. The van der Waals surface area contributed by atoms with E-state index in [1.807, 2.05) is 19.1 Å². The number of hydrogen-bond donors (Lipinski definition) is 0. The van der Waals surface area contributed by atoms with Crippen LogP contribution in [0.4, 0.5) is 0 Å². The molecule has 5 heteroatoms. The number of aryl methyl sites for hydroxylation is 1. The van der Waals surface area contributed by atoms with Gasteiger partial charge in [0.15, 0.2) is 11.5 Å². The van der Waals surface area contributed by atoms with E-state index in [-0.39, 0.29) is 0 Å². The van der Waals surface area contributed by atoms with E-state index in [4.69, 9.17) is 14.2 Å². The topological polar surface area (TPSA) is 34.2 Å². The lowest BCUT2D eigenvalue weighted by Crippen LogP contribution is -2.45. The molecule has 0 saturated carbocycles. The van der Waals surface area contributed by atoms with Gasteiger partial charge in [0, 0.05) is 32.7 Å². The highest BCUT2D eigenvalue weighted by Gasteiger charge is 2.15. The molecule has 0 N–H and O–H groups in total. The highest BCUT2D eigenvalue weighted by atomic mass is 16.5. The van der Waals surface area contributed by atoms with Crippen LogP contribution in [-0.2, 0) is 0 Å². The molecule has 21 heavy (non-hydrogen) atoms. The molecule has 1 aromatic rings. The lowest BCUT2D eigenvalue weighted by molar-refractivity contribution is 0.132. The van der Waals surface area contributed by atoms with Crippen LogP contribution in [0.15, 0.2) is 12.1 Å². The molecule has 0 bridgehead atoms. The summed E-state index contributed by atoms with van der Waals surface area (Å²) in [5.74, 6) is 2.14. The highest BCUT2D eigenvalue weighted by Crippen LogP contribution is 2.38. The molecule has 0 aliphatic carbocycles. The van der Waals surface area contributed by atoms with Crippen molar-refractivity contribution in [2.75, 3.05) is 60.6 Å². The maximum Gasteiger partial charge on any atom is 0.203 e. The molecule has 1 aromatic carbocycles. The van der Waals surface area contributed by atoms with Gasteiger partial charge in [-0.25, -0.2) is 0 Å². The van der Waals surface area contributed by atoms with E-state index < -0.39 is 0 Å². The predicted octanol–water partition coefficient (Wildman–Crippen LogP) is 1.64. The number of ether oxygens (including phenoxy) is 3. The van der Waals surface area contributed by atoms with E-state index in [9.17, 15) is 0 Å². The van der Waals surface area contributed by atoms with Gasteiger partial charge in [-0.15, -0.1) is 0 Å². The van der Waals surface area contributed by atoms with Gasteiger partial charge in [-0.1, -0.05) is 0 Å². The fraction of sp³-hybridized carbons (Fsp3) is 0.625. The van der Waals surface area contributed by atoms with Gasteiger partial charge in [0.2, 0.25) is 5.75 Å². The first-order chi connectivity index (χ1) is 10.1. The first-order valence-electron chi connectivity index (χ1n) is 7.40. The zero-order valence-corrected chi connectivity index (χ0v) is 13.5. The summed E-state index contributed by atoms with van der Waals surface area (Å²) in [6, 6.07) is 3.94. The third-order valence-corrected chi connectivity index (χ3v) is 3.85. The van der Waals surface area contributed by atoms with Crippen molar-refractivity contribution in [1.82, 2.24) is 9.80 Å². The average Bonchev–Trinajstić information content (AvgIpc) is 2.48. The second-order valence-electron chi connectivity index (χ2n) is 5.49. The first-order valence-corrected chi connectivity index (χ1v) is 7.40. The number of hydrogen-bond acceptors (Lipinski definition) is 5. The van der Waals surface area contributed by atoms with Crippen molar-refractivity contribution in [3.05, 3.63) is 17.7 Å².